The van der Waals surface area contributed by atoms with E-state index in [-0.39, 0.29) is 144 Å². The molecule has 7 atom stereocenters. The summed E-state index contributed by atoms with van der Waals surface area (Å²) in [6, 6.07) is 9.97. The summed E-state index contributed by atoms with van der Waals surface area (Å²) >= 11 is 0. The van der Waals surface area contributed by atoms with Crippen LogP contribution in [0.4, 0.5) is 63.8 Å². The number of hydrogen-bond donors (Lipinski definition) is 10. The van der Waals surface area contributed by atoms with E-state index in [2.05, 4.69) is 178 Å². The second-order valence-electron chi connectivity index (χ2n) is 38.6. The third kappa shape index (κ3) is 22.4. The number of nitrogens with one attached hydrogen (secondary N) is 10. The van der Waals surface area contributed by atoms with Crippen LogP contribution in [0.5, 0.6) is 0 Å². The number of carbonyl (C=O) groups excluding carboxylic acids is 7. The van der Waals surface area contributed by atoms with Gasteiger partial charge < -0.3 is 92.2 Å². The molecule has 9 aromatic heterocycles. The number of halogens is 4. The standard InChI is InChI=1S/C26H32N6O2.C21H25FN6O.2C20H23FN6O2.C20H23FN6O/c1-3-18(2)32-10-4-5-21(17-32)28-23-15-19-16-27-26(33)24(19)25(30-23)29-20-6-8-22(9-7-20)31-11-13-34-14-12-31;1-5-13(2)28-8-6-7-15(12-28)27(4)20-18(22)16-10-23-21(29)17(16)19(25-20)14-9-24-26(3)11-14;2*1-4-15(28)27-7-5-6-14(11(27)2)24-19-17(21)13-9-22-20(29)16(13)18(25-19)12-8-23-26(3)10-12;1-4-12(2)27-7-5-6-14(11-27)24-19-17(21)15-9-22-20(28)16(15)18(25-19)13-8-23-26(3)10-13/h3,6-9,15,21H,1-2,4-5,10-14,16-17H2,(H,27,33)(H2,28,29,30);5,9,11,15H,1-2,6-8,10,12H2,3-4H3,(H,23,29);2*4,8,10-11,14H,1,5-7,9H2,2-3H3,(H,22,29)(H,24,25);4,8,10,14H,1-2,5-7,9,11H2,3H3,(H,22,28)(H,24,25)/t21-;15-;2*11-,14-;14-/m10101/s1. The smallest absolute Gasteiger partial charge is 0.255 e. The minimum Gasteiger partial charge on any atom is -0.378 e. The number of fused-ring (bicyclic) bond motifs is 5. The molecule has 7 amide bonds. The van der Waals surface area contributed by atoms with E-state index in [4.69, 9.17) is 9.72 Å². The van der Waals surface area contributed by atoms with E-state index >= 15 is 17.6 Å². The van der Waals surface area contributed by atoms with Gasteiger partial charge >= 0.3 is 0 Å². The molecule has 11 aliphatic heterocycles. The lowest BCUT2D eigenvalue weighted by atomic mass is 9.96. The number of aromatic nitrogens is 13. The van der Waals surface area contributed by atoms with Gasteiger partial charge in [-0.05, 0) is 144 Å². The van der Waals surface area contributed by atoms with Crippen LogP contribution in [0.1, 0.15) is 158 Å². The van der Waals surface area contributed by atoms with Gasteiger partial charge in [0.2, 0.25) is 11.8 Å². The van der Waals surface area contributed by atoms with Crippen LogP contribution >= 0.6 is 0 Å². The van der Waals surface area contributed by atoms with Gasteiger partial charge in [0.1, 0.15) is 11.6 Å². The highest BCUT2D eigenvalue weighted by Gasteiger charge is 2.41. The van der Waals surface area contributed by atoms with E-state index in [0.717, 1.165) is 157 Å². The second kappa shape index (κ2) is 45.4. The molecule has 0 aliphatic carbocycles. The number of amides is 7. The molecule has 10 N–H and O–H groups in total. The second-order valence-corrected chi connectivity index (χ2v) is 38.6. The summed E-state index contributed by atoms with van der Waals surface area (Å²) in [5.41, 5.74) is 13.1. The van der Waals surface area contributed by atoms with E-state index in [1.54, 1.807) is 125 Å². The number of rotatable bonds is 25. The van der Waals surface area contributed by atoms with Gasteiger partial charge in [-0.25, -0.2) is 42.5 Å². The van der Waals surface area contributed by atoms with E-state index in [1.165, 1.54) is 17.8 Å². The fraction of sp³-hybridized carbons (Fsp3) is 0.383. The number of allylic oxidation sites excluding steroid dienone is 3. The van der Waals surface area contributed by atoms with Crippen molar-refractivity contribution in [2.24, 2.45) is 28.2 Å². The molecular formula is C107H126F4N30O8. The zero-order chi connectivity index (χ0) is 105. The predicted molar refractivity (Wildman–Crippen MR) is 562 cm³/mol. The molecule has 6 saturated heterocycles. The van der Waals surface area contributed by atoms with Crippen LogP contribution in [0.15, 0.2) is 180 Å². The van der Waals surface area contributed by atoms with Crippen molar-refractivity contribution in [2.75, 3.05) is 122 Å². The average Bonchev–Trinajstić information content (AvgIpc) is 1.71. The lowest BCUT2D eigenvalue weighted by molar-refractivity contribution is -0.130. The van der Waals surface area contributed by atoms with Crippen LogP contribution in [0.3, 0.4) is 0 Å². The third-order valence-corrected chi connectivity index (χ3v) is 29.0. The molecule has 0 unspecified atom stereocenters. The Balaban J connectivity index is 0.000000127. The predicted octanol–water partition coefficient (Wildman–Crippen LogP) is 12.1. The normalized spacial score (nSPS) is 19.8. The van der Waals surface area contributed by atoms with Gasteiger partial charge in [0.05, 0.1) is 88.6 Å². The summed E-state index contributed by atoms with van der Waals surface area (Å²) < 4.78 is 72.9. The van der Waals surface area contributed by atoms with Gasteiger partial charge in [0, 0.05) is 273 Å². The molecule has 6 fully saturated rings. The van der Waals surface area contributed by atoms with Crippen molar-refractivity contribution < 1.29 is 55.9 Å². The number of anilines is 8. The van der Waals surface area contributed by atoms with Crippen LogP contribution < -0.4 is 63.0 Å². The molecule has 42 heteroatoms. The van der Waals surface area contributed by atoms with E-state index in [9.17, 15) is 33.6 Å². The minimum absolute atomic E-state index is 0.0253. The van der Waals surface area contributed by atoms with E-state index in [0.29, 0.717) is 116 Å². The van der Waals surface area contributed by atoms with Gasteiger partial charge in [-0.15, -0.1) is 0 Å². The molecule has 21 rings (SSSR count). The molecular weight excluding hydrogens is 1910 g/mol. The molecule has 0 radical (unpaired) electrons. The van der Waals surface area contributed by atoms with Crippen LogP contribution in [0.25, 0.3) is 45.0 Å². The maximum atomic E-state index is 15.4. The van der Waals surface area contributed by atoms with Gasteiger partial charge in [-0.3, -0.25) is 52.3 Å². The number of carbonyl (C=O) groups is 7. The zero-order valence-corrected chi connectivity index (χ0v) is 84.9. The molecule has 20 heterocycles. The Hall–Kier alpha value is -16.3. The van der Waals surface area contributed by atoms with Crippen LogP contribution in [0, 0.1) is 23.3 Å². The largest absolute Gasteiger partial charge is 0.378 e. The molecule has 1 aromatic carbocycles. The first kappa shape index (κ1) is 104. The van der Waals surface area contributed by atoms with Crippen molar-refractivity contribution >= 4 is 87.6 Å². The Bertz CT molecular complexity index is 6760. The number of likely N-dealkylation sites (tertiary alicyclic amines) is 5. The molecule has 149 heavy (non-hydrogen) atoms. The van der Waals surface area contributed by atoms with Crippen molar-refractivity contribution in [1.29, 1.82) is 0 Å². The van der Waals surface area contributed by atoms with Crippen molar-refractivity contribution in [3.63, 3.8) is 0 Å². The summed E-state index contributed by atoms with van der Waals surface area (Å²) in [6.45, 7) is 45.3. The summed E-state index contributed by atoms with van der Waals surface area (Å²) in [5, 5.41) is 46.9. The molecule has 10 aromatic rings. The molecule has 0 spiro atoms. The van der Waals surface area contributed by atoms with Crippen molar-refractivity contribution in [3.05, 3.63) is 259 Å². The number of aryl methyl sites for hydroxylation is 4. The summed E-state index contributed by atoms with van der Waals surface area (Å²) in [7, 11) is 8.97. The molecule has 11 aliphatic rings. The lowest BCUT2D eigenvalue weighted by Crippen LogP contribution is -2.51. The Morgan fingerprint density at radius 1 is 0.430 bits per heavy atom. The summed E-state index contributed by atoms with van der Waals surface area (Å²) in [4.78, 5) is 123. The number of benzene rings is 1. The Morgan fingerprint density at radius 3 is 1.20 bits per heavy atom. The summed E-state index contributed by atoms with van der Waals surface area (Å²) in [5.74, 6) is -1.68. The first-order valence-electron chi connectivity index (χ1n) is 50.1. The topological polar surface area (TPSA) is 407 Å². The fourth-order valence-electron chi connectivity index (χ4n) is 20.9. The summed E-state index contributed by atoms with van der Waals surface area (Å²) in [6.07, 6.45) is 30.4. The number of nitrogens with zero attached hydrogens (tertiary/aromatic N) is 20. The Morgan fingerprint density at radius 2 is 0.799 bits per heavy atom. The Kier molecular flexibility index (Phi) is 31.7. The first-order chi connectivity index (χ1) is 71.8. The average molecular weight is 2040 g/mol. The van der Waals surface area contributed by atoms with E-state index in [1.807, 2.05) is 44.0 Å². The van der Waals surface area contributed by atoms with Gasteiger partial charge in [0.15, 0.2) is 46.5 Å². The van der Waals surface area contributed by atoms with E-state index < -0.39 is 23.3 Å². The van der Waals surface area contributed by atoms with Crippen molar-refractivity contribution in [3.8, 4) is 45.0 Å². The zero-order valence-electron chi connectivity index (χ0n) is 84.9. The fourth-order valence-corrected chi connectivity index (χ4v) is 20.9. The van der Waals surface area contributed by atoms with Gasteiger partial charge in [-0.2, -0.15) is 20.4 Å². The SMILES string of the molecule is C=CC(=C)N1CCC[C@@H](Nc2cc3c(c(Nc4ccc(N5CCOCC5)cc4)n2)C(=O)NC3)C1.C=CC(=C)N1CCC[C@@H](Nc2nc(-c3cnn(C)c3)c3c(c2F)CNC3=O)C1.C=CC(=C)N1CCC[C@H](N(C)c2nc(-c3cnn(C)c3)c3c(c2F)CNC3=O)C1.C=CC(=O)N1CCC[C@@H](Nc2nc(-c3cnn(C)c3)c3c(c2F)CNC3=O)[C@H]1C.C=CC(=O)N1CCC[C@H](Nc2nc(-c3cnn(C)c3)c3c(c2F)CNC3=O)[C@@H]1C. The third-order valence-electron chi connectivity index (χ3n) is 29.0. The number of ether oxygens (including phenoxy) is 1. The number of pyridine rings is 5. The molecule has 0 bridgehead atoms. The van der Waals surface area contributed by atoms with Crippen molar-refractivity contribution in [1.82, 2.24) is 115 Å². The quantitative estimate of drug-likeness (QED) is 0.0144. The highest BCUT2D eigenvalue weighted by atomic mass is 19.1. The van der Waals surface area contributed by atoms with Crippen LogP contribution in [-0.2, 0) is 75.2 Å². The lowest BCUT2D eigenvalue weighted by Gasteiger charge is -2.39. The number of likely N-dealkylation sites (N-methyl/N-ethyl adjacent to an activating group) is 1. The number of piperidine rings is 5. The van der Waals surface area contributed by atoms with Crippen LogP contribution in [-0.4, -0.2) is 258 Å². The Labute approximate surface area is 861 Å². The minimum atomic E-state index is -0.537. The maximum Gasteiger partial charge on any atom is 0.255 e. The molecule has 780 valence electrons. The monoisotopic (exact) mass is 2040 g/mol. The maximum absolute atomic E-state index is 15.4. The molecule has 0 saturated carbocycles. The van der Waals surface area contributed by atoms with Gasteiger partial charge in [0.25, 0.3) is 29.5 Å². The number of morpholine rings is 1. The first-order valence-corrected chi connectivity index (χ1v) is 50.1. The number of hydrogen-bond acceptors (Lipinski definition) is 27. The molecule has 38 nitrogen and oxygen atoms in total. The van der Waals surface area contributed by atoms with Crippen molar-refractivity contribution in [2.45, 2.75) is 153 Å². The van der Waals surface area contributed by atoms with Crippen LogP contribution in [0.2, 0.25) is 0 Å². The van der Waals surface area contributed by atoms with Gasteiger partial charge in [-0.1, -0.05) is 52.6 Å². The highest BCUT2D eigenvalue weighted by Crippen LogP contribution is 2.42. The highest BCUT2D eigenvalue weighted by molar-refractivity contribution is 6.07.